The van der Waals surface area contributed by atoms with E-state index in [1.165, 1.54) is 17.3 Å². The highest BCUT2D eigenvalue weighted by Gasteiger charge is 2.22. The molecule has 0 aliphatic carbocycles. The Morgan fingerprint density at radius 2 is 1.80 bits per heavy atom. The molecule has 25 heavy (non-hydrogen) atoms. The first-order chi connectivity index (χ1) is 12.1. The number of aryl methyl sites for hydroxylation is 1. The highest BCUT2D eigenvalue weighted by Crippen LogP contribution is 2.29. The summed E-state index contributed by atoms with van der Waals surface area (Å²) < 4.78 is 11.9. The van der Waals surface area contributed by atoms with E-state index in [2.05, 4.69) is 5.32 Å². The molecule has 1 aliphatic heterocycles. The number of hydrogen-bond acceptors (Lipinski definition) is 5. The van der Waals surface area contributed by atoms with Crippen LogP contribution in [0.5, 0.6) is 11.5 Å². The number of thiocarbonyl (C=S) groups is 1. The Kier molecular flexibility index (Phi) is 5.73. The number of ether oxygens (including phenoxy) is 2. The summed E-state index contributed by atoms with van der Waals surface area (Å²) in [5, 5.41) is 2.61. The number of amides is 1. The average Bonchev–Trinajstić information content (AvgIpc) is 2.92. The van der Waals surface area contributed by atoms with Crippen molar-refractivity contribution >= 4 is 40.3 Å². The molecule has 0 atom stereocenters. The number of thioether (sulfide) groups is 1. The molecule has 1 saturated heterocycles. The van der Waals surface area contributed by atoms with Gasteiger partial charge in [0, 0.05) is 5.56 Å². The number of carbonyl (C=O) groups excluding carboxylic acids is 1. The van der Waals surface area contributed by atoms with Crippen LogP contribution in [0.4, 0.5) is 0 Å². The van der Waals surface area contributed by atoms with Crippen LogP contribution < -0.4 is 14.8 Å². The van der Waals surface area contributed by atoms with Crippen LogP contribution in [-0.4, -0.2) is 23.4 Å². The number of rotatable bonds is 6. The first kappa shape index (κ1) is 17.5. The van der Waals surface area contributed by atoms with E-state index in [1.54, 1.807) is 6.08 Å². The van der Waals surface area contributed by atoms with Crippen LogP contribution in [0.25, 0.3) is 6.08 Å². The first-order valence-corrected chi connectivity index (χ1v) is 9.00. The molecule has 6 heteroatoms. The monoisotopic (exact) mass is 371 g/mol. The highest BCUT2D eigenvalue weighted by atomic mass is 32.2. The minimum Gasteiger partial charge on any atom is -0.490 e. The van der Waals surface area contributed by atoms with Gasteiger partial charge in [-0.1, -0.05) is 59.9 Å². The van der Waals surface area contributed by atoms with E-state index >= 15 is 0 Å². The molecule has 2 aromatic carbocycles. The predicted molar refractivity (Wildman–Crippen MR) is 105 cm³/mol. The summed E-state index contributed by atoms with van der Waals surface area (Å²) in [6.45, 7) is 2.88. The Bertz CT molecular complexity index is 816. The molecule has 128 valence electrons. The summed E-state index contributed by atoms with van der Waals surface area (Å²) in [4.78, 5) is 12.4. The number of carbonyl (C=O) groups is 1. The van der Waals surface area contributed by atoms with Crippen LogP contribution in [0.3, 0.4) is 0 Å². The van der Waals surface area contributed by atoms with E-state index in [0.29, 0.717) is 28.2 Å². The maximum Gasteiger partial charge on any atom is 0.263 e. The maximum atomic E-state index is 11.8. The molecule has 0 bridgehead atoms. The molecule has 0 spiro atoms. The molecular weight excluding hydrogens is 354 g/mol. The molecule has 0 aromatic heterocycles. The zero-order chi connectivity index (χ0) is 17.6. The summed E-state index contributed by atoms with van der Waals surface area (Å²) in [5.74, 6) is 1.35. The van der Waals surface area contributed by atoms with Crippen molar-refractivity contribution in [1.29, 1.82) is 0 Å². The lowest BCUT2D eigenvalue weighted by Gasteiger charge is -2.11. The van der Waals surface area contributed by atoms with Crippen molar-refractivity contribution in [3.8, 4) is 11.5 Å². The van der Waals surface area contributed by atoms with Crippen LogP contribution in [0.1, 0.15) is 11.1 Å². The first-order valence-electron chi connectivity index (χ1n) is 7.78. The second-order valence-corrected chi connectivity index (χ2v) is 7.12. The third-order valence-electron chi connectivity index (χ3n) is 3.48. The molecule has 1 amide bonds. The Morgan fingerprint density at radius 1 is 1.08 bits per heavy atom. The largest absolute Gasteiger partial charge is 0.490 e. The van der Waals surface area contributed by atoms with Gasteiger partial charge in [-0.2, -0.15) is 0 Å². The molecule has 4 nitrogen and oxygen atoms in total. The van der Waals surface area contributed by atoms with Crippen molar-refractivity contribution in [2.45, 2.75) is 6.92 Å². The van der Waals surface area contributed by atoms with Crippen LogP contribution in [0, 0.1) is 6.92 Å². The molecule has 1 heterocycles. The molecule has 3 rings (SSSR count). The van der Waals surface area contributed by atoms with E-state index < -0.39 is 0 Å². The number of para-hydroxylation sites is 1. The minimum absolute atomic E-state index is 0.174. The zero-order valence-electron chi connectivity index (χ0n) is 13.7. The van der Waals surface area contributed by atoms with Crippen LogP contribution in [0.2, 0.25) is 0 Å². The third-order valence-corrected chi connectivity index (χ3v) is 4.64. The fourth-order valence-corrected chi connectivity index (χ4v) is 3.27. The van der Waals surface area contributed by atoms with Crippen molar-refractivity contribution in [1.82, 2.24) is 5.32 Å². The number of hydrogen-bond donors (Lipinski definition) is 1. The molecule has 0 unspecified atom stereocenters. The molecule has 1 aliphatic rings. The van der Waals surface area contributed by atoms with Crippen LogP contribution >= 0.6 is 24.0 Å². The van der Waals surface area contributed by atoms with Gasteiger partial charge >= 0.3 is 0 Å². The van der Waals surface area contributed by atoms with Gasteiger partial charge in [0.05, 0.1) is 4.91 Å². The standard InChI is InChI=1S/C19H17NO3S2/c1-13-6-8-15(9-7-13)22-10-11-23-16-5-3-2-4-14(16)12-17-18(21)20-19(24)25-17/h2-9,12H,10-11H2,1H3,(H,20,21,24). The third kappa shape index (κ3) is 4.84. The van der Waals surface area contributed by atoms with Crippen LogP contribution in [0.15, 0.2) is 53.4 Å². The summed E-state index contributed by atoms with van der Waals surface area (Å²) in [5.41, 5.74) is 2.03. The maximum absolute atomic E-state index is 11.8. The molecule has 0 radical (unpaired) electrons. The lowest BCUT2D eigenvalue weighted by molar-refractivity contribution is -0.115. The fraction of sp³-hybridized carbons (Fsp3) is 0.158. The van der Waals surface area contributed by atoms with Gasteiger partial charge in [0.25, 0.3) is 5.91 Å². The Hall–Kier alpha value is -2.31. The quantitative estimate of drug-likeness (QED) is 0.473. The summed E-state index contributed by atoms with van der Waals surface area (Å²) in [6.07, 6.45) is 1.79. The van der Waals surface area contributed by atoms with Gasteiger partial charge in [-0.3, -0.25) is 4.79 Å². The van der Waals surface area contributed by atoms with Gasteiger partial charge in [-0.25, -0.2) is 0 Å². The summed E-state index contributed by atoms with van der Waals surface area (Å²) in [7, 11) is 0. The smallest absolute Gasteiger partial charge is 0.263 e. The van der Waals surface area contributed by atoms with Gasteiger partial charge in [0.15, 0.2) is 0 Å². The van der Waals surface area contributed by atoms with Gasteiger partial charge in [-0.05, 0) is 31.2 Å². The normalized spacial score (nSPS) is 15.3. The van der Waals surface area contributed by atoms with E-state index in [9.17, 15) is 4.79 Å². The molecule has 1 fully saturated rings. The molecule has 2 aromatic rings. The number of nitrogens with one attached hydrogen (secondary N) is 1. The van der Waals surface area contributed by atoms with Gasteiger partial charge in [-0.15, -0.1) is 0 Å². The molecule has 0 saturated carbocycles. The van der Waals surface area contributed by atoms with Gasteiger partial charge < -0.3 is 14.8 Å². The Labute approximate surface area is 156 Å². The van der Waals surface area contributed by atoms with E-state index in [-0.39, 0.29) is 5.91 Å². The van der Waals surface area contributed by atoms with Gasteiger partial charge in [0.1, 0.15) is 29.0 Å². The molecule has 1 N–H and O–H groups in total. The second kappa shape index (κ2) is 8.18. The summed E-state index contributed by atoms with van der Waals surface area (Å²) in [6, 6.07) is 15.5. The van der Waals surface area contributed by atoms with E-state index in [0.717, 1.165) is 11.3 Å². The lowest BCUT2D eigenvalue weighted by Crippen LogP contribution is -2.17. The van der Waals surface area contributed by atoms with E-state index in [1.807, 2.05) is 55.5 Å². The zero-order valence-corrected chi connectivity index (χ0v) is 15.3. The summed E-state index contributed by atoms with van der Waals surface area (Å²) >= 11 is 6.26. The number of benzene rings is 2. The lowest BCUT2D eigenvalue weighted by atomic mass is 10.2. The minimum atomic E-state index is -0.174. The van der Waals surface area contributed by atoms with Crippen molar-refractivity contribution in [3.05, 3.63) is 64.6 Å². The van der Waals surface area contributed by atoms with E-state index in [4.69, 9.17) is 21.7 Å². The SMILES string of the molecule is Cc1ccc(OCCOc2ccccc2C=C2SC(=S)NC2=O)cc1. The Balaban J connectivity index is 1.59. The topological polar surface area (TPSA) is 47.6 Å². The van der Waals surface area contributed by atoms with Crippen molar-refractivity contribution in [3.63, 3.8) is 0 Å². The van der Waals surface area contributed by atoms with Crippen LogP contribution in [-0.2, 0) is 4.79 Å². The Morgan fingerprint density at radius 3 is 2.52 bits per heavy atom. The fourth-order valence-electron chi connectivity index (χ4n) is 2.24. The predicted octanol–water partition coefficient (Wildman–Crippen LogP) is 3.94. The average molecular weight is 371 g/mol. The second-order valence-electron chi connectivity index (χ2n) is 5.40. The van der Waals surface area contributed by atoms with Crippen molar-refractivity contribution < 1.29 is 14.3 Å². The van der Waals surface area contributed by atoms with Gasteiger partial charge in [0.2, 0.25) is 0 Å². The highest BCUT2D eigenvalue weighted by molar-refractivity contribution is 8.26. The molecular formula is C19H17NO3S2. The van der Waals surface area contributed by atoms with Crippen molar-refractivity contribution in [2.24, 2.45) is 0 Å². The van der Waals surface area contributed by atoms with Crippen molar-refractivity contribution in [2.75, 3.05) is 13.2 Å².